The number of halogens is 2. The lowest BCUT2D eigenvalue weighted by molar-refractivity contribution is 0.564. The lowest BCUT2D eigenvalue weighted by atomic mass is 11.7. The average molecular weight is 279 g/mol. The van der Waals surface area contributed by atoms with Gasteiger partial charge in [-0.2, -0.15) is 0 Å². The van der Waals surface area contributed by atoms with Crippen LogP contribution in [0.25, 0.3) is 0 Å². The minimum Gasteiger partial charge on any atom is -0.210 e. The molecule has 0 aromatic heterocycles. The summed E-state index contributed by atoms with van der Waals surface area (Å²) in [7, 11) is -3.71. The Morgan fingerprint density at radius 3 is 2.00 bits per heavy atom. The normalized spacial score (nSPS) is 11.0. The highest BCUT2D eigenvalue weighted by atomic mass is 79.9. The van der Waals surface area contributed by atoms with Crippen LogP contribution in [0.4, 0.5) is 0 Å². The molecule has 0 unspecified atom stereocenters. The smallest absolute Gasteiger partial charge is 0.210 e. The first-order chi connectivity index (χ1) is 4.00. The second-order valence-corrected chi connectivity index (χ2v) is 6.91. The van der Waals surface area contributed by atoms with Crippen molar-refractivity contribution in [2.24, 2.45) is 4.40 Å². The lowest BCUT2D eigenvalue weighted by Gasteiger charge is -1.91. The van der Waals surface area contributed by atoms with E-state index in [1.165, 1.54) is 0 Å². The quantitative estimate of drug-likeness (QED) is 0.425. The number of hydrogen-bond acceptors (Lipinski definition) is 3. The highest BCUT2D eigenvalue weighted by Crippen LogP contribution is 2.16. The van der Waals surface area contributed by atoms with E-state index in [2.05, 4.69) is 36.3 Å². The van der Waals surface area contributed by atoms with Crippen molar-refractivity contribution in [2.45, 2.75) is 3.07 Å². The Morgan fingerprint density at radius 1 is 1.44 bits per heavy atom. The summed E-state index contributed by atoms with van der Waals surface area (Å²) in [6.07, 6.45) is 0.916. The number of rotatable bonds is 2. The number of carbonyl (C=O) groups excluding carboxylic acids is 1. The zero-order chi connectivity index (χ0) is 7.49. The van der Waals surface area contributed by atoms with Gasteiger partial charge in [0.15, 0.2) is 3.07 Å². The van der Waals surface area contributed by atoms with Gasteiger partial charge in [0.05, 0.1) is 0 Å². The van der Waals surface area contributed by atoms with E-state index < -0.39 is 13.1 Å². The molecule has 0 radical (unpaired) electrons. The van der Waals surface area contributed by atoms with E-state index in [1.54, 1.807) is 0 Å². The minimum atomic E-state index is -3.71. The van der Waals surface area contributed by atoms with Crippen LogP contribution in [0.15, 0.2) is 4.40 Å². The van der Waals surface area contributed by atoms with E-state index in [1.807, 2.05) is 0 Å². The van der Waals surface area contributed by atoms with Gasteiger partial charge in [0.25, 0.3) is 16.1 Å². The van der Waals surface area contributed by atoms with E-state index in [0.717, 1.165) is 6.08 Å². The number of alkyl halides is 2. The topological polar surface area (TPSA) is 63.6 Å². The molecule has 0 aromatic rings. The number of sulfonamides is 1. The van der Waals surface area contributed by atoms with Gasteiger partial charge in [-0.1, -0.05) is 36.3 Å². The van der Waals surface area contributed by atoms with Crippen LogP contribution in [0.1, 0.15) is 0 Å². The van der Waals surface area contributed by atoms with E-state index in [9.17, 15) is 13.2 Å². The van der Waals surface area contributed by atoms with Crippen LogP contribution in [0.2, 0.25) is 0 Å². The molecule has 0 rings (SSSR count). The maximum absolute atomic E-state index is 10.4. The van der Waals surface area contributed by atoms with Gasteiger partial charge in [-0.15, -0.1) is 0 Å². The molecule has 0 N–H and O–H groups in total. The maximum Gasteiger partial charge on any atom is 0.286 e. The number of isocyanates is 1. The van der Waals surface area contributed by atoms with Gasteiger partial charge in [-0.25, -0.2) is 13.2 Å². The van der Waals surface area contributed by atoms with Crippen molar-refractivity contribution >= 4 is 48.0 Å². The van der Waals surface area contributed by atoms with Gasteiger partial charge < -0.3 is 0 Å². The first kappa shape index (κ1) is 9.29. The molecule has 0 amide bonds. The molecule has 0 atom stereocenters. The predicted octanol–water partition coefficient (Wildman–Crippen LogP) is 0.725. The van der Waals surface area contributed by atoms with E-state index in [0.29, 0.717) is 0 Å². The minimum absolute atomic E-state index is 0.916. The molecule has 0 saturated carbocycles. The van der Waals surface area contributed by atoms with Gasteiger partial charge in [-0.3, -0.25) is 0 Å². The second-order valence-electron chi connectivity index (χ2n) is 0.958. The Hall–Kier alpha value is 0.290. The molecule has 0 aliphatic carbocycles. The second kappa shape index (κ2) is 3.46. The zero-order valence-corrected chi connectivity index (χ0v) is 7.90. The van der Waals surface area contributed by atoms with E-state index in [4.69, 9.17) is 0 Å². The molecular formula is C2HBr2NO3S. The number of nitrogens with zero attached hydrogens (tertiary/aromatic N) is 1. The van der Waals surface area contributed by atoms with Gasteiger partial charge >= 0.3 is 0 Å². The highest BCUT2D eigenvalue weighted by Gasteiger charge is 2.16. The highest BCUT2D eigenvalue weighted by molar-refractivity contribution is 9.27. The van der Waals surface area contributed by atoms with Crippen LogP contribution < -0.4 is 0 Å². The van der Waals surface area contributed by atoms with E-state index in [-0.39, 0.29) is 0 Å². The van der Waals surface area contributed by atoms with Crippen LogP contribution in [0.3, 0.4) is 0 Å². The van der Waals surface area contributed by atoms with Crippen molar-refractivity contribution in [3.63, 3.8) is 0 Å². The Labute approximate surface area is 68.7 Å². The summed E-state index contributed by atoms with van der Waals surface area (Å²) in [5.74, 6) is 0. The maximum atomic E-state index is 10.4. The molecule has 0 fully saturated rings. The largest absolute Gasteiger partial charge is 0.286 e. The molecule has 0 aliphatic heterocycles. The Morgan fingerprint density at radius 2 is 1.89 bits per heavy atom. The Balaban J connectivity index is 4.62. The standard InChI is InChI=1S/C2HBr2NO3S/c3-2(4)9(7,8)5-1-6/h2H. The summed E-state index contributed by atoms with van der Waals surface area (Å²) in [5.41, 5.74) is 0. The van der Waals surface area contributed by atoms with Crippen LogP contribution >= 0.6 is 31.9 Å². The lowest BCUT2D eigenvalue weighted by Crippen LogP contribution is -2.02. The van der Waals surface area contributed by atoms with Crippen LogP contribution in [0.5, 0.6) is 0 Å². The van der Waals surface area contributed by atoms with Crippen LogP contribution in [0, 0.1) is 0 Å². The SMILES string of the molecule is O=C=NS(=O)(=O)C(Br)Br. The van der Waals surface area contributed by atoms with Gasteiger partial charge in [0, 0.05) is 0 Å². The third-order valence-corrected chi connectivity index (χ3v) is 4.00. The third kappa shape index (κ3) is 3.10. The molecule has 0 spiro atoms. The third-order valence-electron chi connectivity index (χ3n) is 0.390. The molecule has 7 heteroatoms. The van der Waals surface area contributed by atoms with Crippen molar-refractivity contribution in [3.8, 4) is 0 Å². The summed E-state index contributed by atoms with van der Waals surface area (Å²) >= 11 is 5.31. The van der Waals surface area contributed by atoms with Crippen molar-refractivity contribution in [3.05, 3.63) is 0 Å². The summed E-state index contributed by atoms with van der Waals surface area (Å²) < 4.78 is 22.3. The first-order valence-electron chi connectivity index (χ1n) is 1.62. The number of hydrogen-bond donors (Lipinski definition) is 0. The fourth-order valence-electron chi connectivity index (χ4n) is 0.0918. The summed E-state index contributed by atoms with van der Waals surface area (Å²) in [5, 5.41) is 0. The zero-order valence-electron chi connectivity index (χ0n) is 3.91. The van der Waals surface area contributed by atoms with Crippen molar-refractivity contribution in [1.82, 2.24) is 0 Å². The summed E-state index contributed by atoms with van der Waals surface area (Å²) in [6, 6.07) is 0. The Bertz CT molecular complexity index is 226. The van der Waals surface area contributed by atoms with Crippen molar-refractivity contribution < 1.29 is 13.2 Å². The molecule has 0 aromatic carbocycles. The molecule has 0 saturated heterocycles. The first-order valence-corrected chi connectivity index (χ1v) is 4.95. The Kier molecular flexibility index (Phi) is 3.57. The molecular weight excluding hydrogens is 278 g/mol. The van der Waals surface area contributed by atoms with Gasteiger partial charge in [0.2, 0.25) is 0 Å². The van der Waals surface area contributed by atoms with Crippen LogP contribution in [-0.4, -0.2) is 17.6 Å². The predicted molar refractivity (Wildman–Crippen MR) is 38.7 cm³/mol. The van der Waals surface area contributed by atoms with Gasteiger partial charge in [-0.05, 0) is 0 Å². The van der Waals surface area contributed by atoms with Crippen LogP contribution in [-0.2, 0) is 14.8 Å². The van der Waals surface area contributed by atoms with Crippen molar-refractivity contribution in [2.75, 3.05) is 0 Å². The summed E-state index contributed by atoms with van der Waals surface area (Å²) in [4.78, 5) is 9.41. The monoisotopic (exact) mass is 277 g/mol. The van der Waals surface area contributed by atoms with Gasteiger partial charge in [0.1, 0.15) is 0 Å². The molecule has 9 heavy (non-hydrogen) atoms. The molecule has 52 valence electrons. The summed E-state index contributed by atoms with van der Waals surface area (Å²) in [6.45, 7) is 0. The molecule has 0 bridgehead atoms. The molecule has 0 heterocycles. The molecule has 0 aliphatic rings. The average Bonchev–Trinajstić information content (AvgIpc) is 1.65. The fraction of sp³-hybridized carbons (Fsp3) is 0.500. The van der Waals surface area contributed by atoms with Crippen molar-refractivity contribution in [1.29, 1.82) is 0 Å². The van der Waals surface area contributed by atoms with E-state index >= 15 is 0 Å². The fourth-order valence-corrected chi connectivity index (χ4v) is 0.777. The molecule has 4 nitrogen and oxygen atoms in total.